The molecule has 0 aromatic heterocycles. The molecule has 18 heavy (non-hydrogen) atoms. The summed E-state index contributed by atoms with van der Waals surface area (Å²) < 4.78 is 0. The third-order valence-corrected chi connectivity index (χ3v) is 2.04. The fourth-order valence-corrected chi connectivity index (χ4v) is 1.31. The molecule has 0 radical (unpaired) electrons. The molecule has 8 nitrogen and oxygen atoms in total. The fourth-order valence-electron chi connectivity index (χ4n) is 1.31. The van der Waals surface area contributed by atoms with Crippen LogP contribution in [0.15, 0.2) is 18.2 Å². The third kappa shape index (κ3) is 3.25. The van der Waals surface area contributed by atoms with Gasteiger partial charge >= 0.3 is 5.97 Å². The van der Waals surface area contributed by atoms with E-state index in [1.807, 2.05) is 5.48 Å². The molecule has 0 saturated carbocycles. The number of amides is 1. The van der Waals surface area contributed by atoms with Crippen LogP contribution in [0.5, 0.6) is 0 Å². The van der Waals surface area contributed by atoms with E-state index in [-0.39, 0.29) is 11.3 Å². The minimum Gasteiger partial charge on any atom is -0.479 e. The lowest BCUT2D eigenvalue weighted by Crippen LogP contribution is -2.27. The summed E-state index contributed by atoms with van der Waals surface area (Å²) in [5.41, 5.74) is 1.70. The topological polar surface area (TPSA) is 119 Å². The molecule has 0 unspecified atom stereocenters. The van der Waals surface area contributed by atoms with E-state index in [1.165, 1.54) is 25.1 Å². The number of carboxylic acid groups (broad SMARTS) is 1. The average molecular weight is 254 g/mol. The molecule has 0 aliphatic heterocycles. The Morgan fingerprint density at radius 2 is 2.17 bits per heavy atom. The number of carboxylic acids is 1. The highest BCUT2D eigenvalue weighted by Gasteiger charge is 2.22. The van der Waals surface area contributed by atoms with E-state index in [4.69, 9.17) is 5.11 Å². The van der Waals surface area contributed by atoms with E-state index in [2.05, 4.69) is 4.84 Å². The molecular weight excluding hydrogens is 244 g/mol. The second kappa shape index (κ2) is 5.73. The first kappa shape index (κ1) is 13.6. The van der Waals surface area contributed by atoms with E-state index in [0.717, 1.165) is 0 Å². The van der Waals surface area contributed by atoms with Gasteiger partial charge in [-0.3, -0.25) is 19.7 Å². The Bertz CT molecular complexity index is 499. The number of nitrogens with zero attached hydrogens (tertiary/aromatic N) is 1. The largest absolute Gasteiger partial charge is 0.479 e. The summed E-state index contributed by atoms with van der Waals surface area (Å²) >= 11 is 0. The zero-order valence-corrected chi connectivity index (χ0v) is 9.37. The van der Waals surface area contributed by atoms with Gasteiger partial charge in [-0.2, -0.15) is 0 Å². The molecule has 1 amide bonds. The number of hydrogen-bond acceptors (Lipinski definition) is 5. The van der Waals surface area contributed by atoms with E-state index >= 15 is 0 Å². The minimum absolute atomic E-state index is 0.159. The van der Waals surface area contributed by atoms with Crippen molar-refractivity contribution in [2.45, 2.75) is 6.92 Å². The van der Waals surface area contributed by atoms with Gasteiger partial charge in [0.15, 0.2) is 6.61 Å². The summed E-state index contributed by atoms with van der Waals surface area (Å²) in [5.74, 6) is -2.13. The van der Waals surface area contributed by atoms with Crippen molar-refractivity contribution >= 4 is 17.6 Å². The molecule has 0 saturated heterocycles. The number of aliphatic carboxylic acids is 1. The summed E-state index contributed by atoms with van der Waals surface area (Å²) in [7, 11) is 0. The smallest absolute Gasteiger partial charge is 0.332 e. The monoisotopic (exact) mass is 254 g/mol. The van der Waals surface area contributed by atoms with Crippen LogP contribution in [0.2, 0.25) is 0 Å². The van der Waals surface area contributed by atoms with Gasteiger partial charge in [0.05, 0.1) is 4.92 Å². The van der Waals surface area contributed by atoms with Gasteiger partial charge in [0, 0.05) is 6.07 Å². The standard InChI is InChI=1S/C10H10N2O6/c1-6-3-2-4-7(12(16)17)9(6)10(15)11-18-5-8(13)14/h2-4H,5H2,1H3,(H,11,15)(H,13,14). The molecule has 96 valence electrons. The number of benzene rings is 1. The Kier molecular flexibility index (Phi) is 4.33. The van der Waals surface area contributed by atoms with Crippen LogP contribution < -0.4 is 5.48 Å². The van der Waals surface area contributed by atoms with Crippen molar-refractivity contribution in [3.05, 3.63) is 39.4 Å². The van der Waals surface area contributed by atoms with Crippen molar-refractivity contribution in [2.24, 2.45) is 0 Å². The molecule has 8 heteroatoms. The van der Waals surface area contributed by atoms with Crippen molar-refractivity contribution in [1.82, 2.24) is 5.48 Å². The summed E-state index contributed by atoms with van der Waals surface area (Å²) in [6.07, 6.45) is 0. The van der Waals surface area contributed by atoms with Crippen molar-refractivity contribution in [2.75, 3.05) is 6.61 Å². The number of hydroxylamine groups is 1. The number of carbonyl (C=O) groups excluding carboxylic acids is 1. The molecule has 0 atom stereocenters. The average Bonchev–Trinajstić information content (AvgIpc) is 2.27. The third-order valence-electron chi connectivity index (χ3n) is 2.04. The summed E-state index contributed by atoms with van der Waals surface area (Å²) in [6, 6.07) is 4.15. The maximum atomic E-state index is 11.6. The van der Waals surface area contributed by atoms with Crippen molar-refractivity contribution in [3.8, 4) is 0 Å². The molecule has 0 spiro atoms. The van der Waals surface area contributed by atoms with Crippen LogP contribution in [-0.2, 0) is 9.63 Å². The Hall–Kier alpha value is -2.48. The Morgan fingerprint density at radius 3 is 2.72 bits per heavy atom. The Balaban J connectivity index is 2.91. The Labute approximate surface area is 101 Å². The van der Waals surface area contributed by atoms with E-state index in [9.17, 15) is 19.7 Å². The maximum Gasteiger partial charge on any atom is 0.332 e. The van der Waals surface area contributed by atoms with Crippen LogP contribution in [-0.4, -0.2) is 28.5 Å². The number of hydrogen-bond donors (Lipinski definition) is 2. The van der Waals surface area contributed by atoms with E-state index in [1.54, 1.807) is 0 Å². The lowest BCUT2D eigenvalue weighted by Gasteiger charge is -2.07. The lowest BCUT2D eigenvalue weighted by molar-refractivity contribution is -0.385. The van der Waals surface area contributed by atoms with Crippen LogP contribution >= 0.6 is 0 Å². The molecule has 1 rings (SSSR count). The van der Waals surface area contributed by atoms with Gasteiger partial charge in [0.1, 0.15) is 5.56 Å². The molecule has 0 heterocycles. The van der Waals surface area contributed by atoms with Crippen LogP contribution in [0.1, 0.15) is 15.9 Å². The lowest BCUT2D eigenvalue weighted by atomic mass is 10.1. The van der Waals surface area contributed by atoms with Crippen LogP contribution in [0, 0.1) is 17.0 Å². The molecule has 0 bridgehead atoms. The molecule has 1 aromatic rings. The number of nitro benzene ring substituents is 1. The van der Waals surface area contributed by atoms with Crippen LogP contribution in [0.25, 0.3) is 0 Å². The van der Waals surface area contributed by atoms with Gasteiger partial charge in [-0.15, -0.1) is 0 Å². The van der Waals surface area contributed by atoms with Gasteiger partial charge in [0.25, 0.3) is 11.6 Å². The van der Waals surface area contributed by atoms with Gasteiger partial charge in [-0.1, -0.05) is 12.1 Å². The summed E-state index contributed by atoms with van der Waals surface area (Å²) in [6.45, 7) is 0.796. The molecule has 2 N–H and O–H groups in total. The zero-order valence-electron chi connectivity index (χ0n) is 9.37. The maximum absolute atomic E-state index is 11.6. The van der Waals surface area contributed by atoms with E-state index < -0.39 is 23.4 Å². The number of nitrogens with one attached hydrogen (secondary N) is 1. The van der Waals surface area contributed by atoms with Crippen molar-refractivity contribution in [1.29, 1.82) is 0 Å². The normalized spacial score (nSPS) is 9.83. The molecule has 1 aromatic carbocycles. The number of nitro groups is 1. The Morgan fingerprint density at radius 1 is 1.50 bits per heavy atom. The van der Waals surface area contributed by atoms with Gasteiger partial charge in [-0.05, 0) is 12.5 Å². The van der Waals surface area contributed by atoms with Crippen molar-refractivity contribution in [3.63, 3.8) is 0 Å². The molecular formula is C10H10N2O6. The first-order valence-electron chi connectivity index (χ1n) is 4.81. The van der Waals surface area contributed by atoms with Crippen LogP contribution in [0.3, 0.4) is 0 Å². The highest BCUT2D eigenvalue weighted by atomic mass is 16.7. The number of aryl methyl sites for hydroxylation is 1. The first-order chi connectivity index (χ1) is 8.43. The summed E-state index contributed by atoms with van der Waals surface area (Å²) in [5, 5.41) is 19.1. The molecule has 0 fully saturated rings. The predicted octanol–water partition coefficient (Wildman–Crippen LogP) is 0.649. The quantitative estimate of drug-likeness (QED) is 0.588. The zero-order chi connectivity index (χ0) is 13.7. The van der Waals surface area contributed by atoms with Crippen molar-refractivity contribution < 1.29 is 24.5 Å². The second-order valence-corrected chi connectivity index (χ2v) is 3.34. The number of carbonyl (C=O) groups is 2. The van der Waals surface area contributed by atoms with E-state index in [0.29, 0.717) is 5.56 Å². The predicted molar refractivity (Wildman–Crippen MR) is 58.9 cm³/mol. The molecule has 0 aliphatic rings. The fraction of sp³-hybridized carbons (Fsp3) is 0.200. The number of rotatable bonds is 5. The van der Waals surface area contributed by atoms with Gasteiger partial charge in [-0.25, -0.2) is 10.3 Å². The first-order valence-corrected chi connectivity index (χ1v) is 4.81. The highest BCUT2D eigenvalue weighted by Crippen LogP contribution is 2.21. The SMILES string of the molecule is Cc1cccc([N+](=O)[O-])c1C(=O)NOCC(=O)O. The second-order valence-electron chi connectivity index (χ2n) is 3.34. The molecule has 0 aliphatic carbocycles. The van der Waals surface area contributed by atoms with Gasteiger partial charge < -0.3 is 5.11 Å². The van der Waals surface area contributed by atoms with Crippen LogP contribution in [0.4, 0.5) is 5.69 Å². The minimum atomic E-state index is -1.27. The summed E-state index contributed by atoms with van der Waals surface area (Å²) in [4.78, 5) is 36.2. The highest BCUT2D eigenvalue weighted by molar-refractivity contribution is 5.99. The van der Waals surface area contributed by atoms with Gasteiger partial charge in [0.2, 0.25) is 0 Å².